The van der Waals surface area contributed by atoms with Crippen LogP contribution in [0.4, 0.5) is 5.69 Å². The molecule has 1 heterocycles. The third kappa shape index (κ3) is 6.86. The molecule has 1 aromatic heterocycles. The first-order valence-corrected chi connectivity index (χ1v) is 10.4. The van der Waals surface area contributed by atoms with E-state index in [0.29, 0.717) is 11.8 Å². The van der Waals surface area contributed by atoms with E-state index in [0.717, 1.165) is 46.4 Å². The van der Waals surface area contributed by atoms with E-state index in [9.17, 15) is 0 Å². The highest BCUT2D eigenvalue weighted by Gasteiger charge is 2.08. The maximum atomic E-state index is 6.03. The molecule has 0 saturated carbocycles. The van der Waals surface area contributed by atoms with E-state index in [-0.39, 0.29) is 0 Å². The Balaban J connectivity index is 2.11. The van der Waals surface area contributed by atoms with Gasteiger partial charge in [-0.25, -0.2) is 9.98 Å². The number of aliphatic imine (C=N–C) groups is 1. The molecule has 2 rings (SSSR count). The molecule has 146 valence electrons. The molecule has 27 heavy (non-hydrogen) atoms. The number of aryl methyl sites for hydroxylation is 2. The molecule has 1 aromatic carbocycles. The SMILES string of the molecule is CCN(C)C=Nc1cc(C)c(Oc2ccnc(SCCC(C)C)n2)cc1C. The fourth-order valence-corrected chi connectivity index (χ4v) is 3.28. The summed E-state index contributed by atoms with van der Waals surface area (Å²) >= 11 is 1.67. The molecule has 0 saturated heterocycles. The van der Waals surface area contributed by atoms with E-state index in [1.807, 2.05) is 44.3 Å². The first-order chi connectivity index (χ1) is 12.9. The quantitative estimate of drug-likeness (QED) is 0.242. The predicted octanol–water partition coefficient (Wildman–Crippen LogP) is 5.64. The van der Waals surface area contributed by atoms with E-state index in [4.69, 9.17) is 4.74 Å². The lowest BCUT2D eigenvalue weighted by atomic mass is 10.1. The van der Waals surface area contributed by atoms with Crippen molar-refractivity contribution in [1.29, 1.82) is 0 Å². The summed E-state index contributed by atoms with van der Waals surface area (Å²) in [6, 6.07) is 5.86. The molecule has 0 aliphatic rings. The Labute approximate surface area is 167 Å². The number of hydrogen-bond acceptors (Lipinski definition) is 5. The number of hydrogen-bond donors (Lipinski definition) is 0. The van der Waals surface area contributed by atoms with E-state index >= 15 is 0 Å². The van der Waals surface area contributed by atoms with Gasteiger partial charge in [0, 0.05) is 31.6 Å². The summed E-state index contributed by atoms with van der Waals surface area (Å²) in [6.45, 7) is 11.5. The molecule has 5 nitrogen and oxygen atoms in total. The molecule has 2 aromatic rings. The van der Waals surface area contributed by atoms with Gasteiger partial charge >= 0.3 is 0 Å². The molecule has 6 heteroatoms. The molecule has 0 unspecified atom stereocenters. The number of thioether (sulfide) groups is 1. The Hall–Kier alpha value is -2.08. The fourth-order valence-electron chi connectivity index (χ4n) is 2.22. The van der Waals surface area contributed by atoms with Crippen LogP contribution in [0.1, 0.15) is 38.3 Å². The van der Waals surface area contributed by atoms with Gasteiger partial charge in [-0.1, -0.05) is 25.6 Å². The monoisotopic (exact) mass is 386 g/mol. The number of aromatic nitrogens is 2. The smallest absolute Gasteiger partial charge is 0.223 e. The second-order valence-electron chi connectivity index (χ2n) is 7.03. The zero-order chi connectivity index (χ0) is 19.8. The van der Waals surface area contributed by atoms with Gasteiger partial charge in [0.1, 0.15) is 5.75 Å². The van der Waals surface area contributed by atoms with E-state index in [1.165, 1.54) is 0 Å². The summed E-state index contributed by atoms with van der Waals surface area (Å²) < 4.78 is 6.03. The zero-order valence-corrected chi connectivity index (χ0v) is 18.0. The van der Waals surface area contributed by atoms with Gasteiger partial charge in [0.05, 0.1) is 12.0 Å². The molecule has 0 aliphatic carbocycles. The van der Waals surface area contributed by atoms with Crippen LogP contribution in [-0.4, -0.2) is 40.6 Å². The van der Waals surface area contributed by atoms with Crippen molar-refractivity contribution >= 4 is 23.8 Å². The van der Waals surface area contributed by atoms with Crippen molar-refractivity contribution in [3.05, 3.63) is 35.5 Å². The highest BCUT2D eigenvalue weighted by molar-refractivity contribution is 7.99. The molecule has 0 spiro atoms. The van der Waals surface area contributed by atoms with Gasteiger partial charge in [-0.2, -0.15) is 4.98 Å². The molecule has 0 N–H and O–H groups in total. The Morgan fingerprint density at radius 1 is 1.26 bits per heavy atom. The van der Waals surface area contributed by atoms with Crippen LogP contribution in [0.5, 0.6) is 11.6 Å². The predicted molar refractivity (Wildman–Crippen MR) is 115 cm³/mol. The minimum atomic E-state index is 0.571. The summed E-state index contributed by atoms with van der Waals surface area (Å²) in [5.74, 6) is 3.06. The van der Waals surface area contributed by atoms with Crippen molar-refractivity contribution in [3.63, 3.8) is 0 Å². The van der Waals surface area contributed by atoms with Crippen LogP contribution >= 0.6 is 11.8 Å². The summed E-state index contributed by atoms with van der Waals surface area (Å²) in [5.41, 5.74) is 3.05. The van der Waals surface area contributed by atoms with Crippen LogP contribution in [0.25, 0.3) is 0 Å². The van der Waals surface area contributed by atoms with Crippen LogP contribution in [-0.2, 0) is 0 Å². The molecule has 0 atom stereocenters. The van der Waals surface area contributed by atoms with Crippen LogP contribution in [0.3, 0.4) is 0 Å². The Morgan fingerprint density at radius 2 is 2.04 bits per heavy atom. The van der Waals surface area contributed by atoms with Crippen LogP contribution in [0.2, 0.25) is 0 Å². The highest BCUT2D eigenvalue weighted by Crippen LogP contribution is 2.31. The number of ether oxygens (including phenoxy) is 1. The molecule has 0 fully saturated rings. The average Bonchev–Trinajstić information content (AvgIpc) is 2.63. The third-order valence-electron chi connectivity index (χ3n) is 4.14. The van der Waals surface area contributed by atoms with Gasteiger partial charge in [-0.05, 0) is 56.4 Å². The van der Waals surface area contributed by atoms with Crippen molar-refractivity contribution in [2.24, 2.45) is 10.9 Å². The summed E-state index contributed by atoms with van der Waals surface area (Å²) in [6.07, 6.45) is 4.75. The van der Waals surface area contributed by atoms with Crippen molar-refractivity contribution < 1.29 is 4.74 Å². The Kier molecular flexibility index (Phi) is 8.10. The standard InChI is InChI=1S/C21H30N4OS/c1-7-25(6)14-23-18-12-17(5)19(13-16(18)4)26-20-8-10-22-21(24-20)27-11-9-15(2)3/h8,10,12-15H,7,9,11H2,1-6H3. The topological polar surface area (TPSA) is 50.6 Å². The first kappa shape index (κ1) is 21.2. The van der Waals surface area contributed by atoms with Gasteiger partial charge in [0.2, 0.25) is 5.88 Å². The van der Waals surface area contributed by atoms with E-state index < -0.39 is 0 Å². The average molecular weight is 387 g/mol. The third-order valence-corrected chi connectivity index (χ3v) is 5.03. The molecular weight excluding hydrogens is 356 g/mol. The Bertz CT molecular complexity index is 777. The lowest BCUT2D eigenvalue weighted by Crippen LogP contribution is -2.14. The number of benzene rings is 1. The molecular formula is C21H30N4OS. The van der Waals surface area contributed by atoms with Gasteiger partial charge in [-0.3, -0.25) is 0 Å². The summed E-state index contributed by atoms with van der Waals surface area (Å²) in [7, 11) is 2.01. The maximum absolute atomic E-state index is 6.03. The lowest BCUT2D eigenvalue weighted by Gasteiger charge is -2.12. The van der Waals surface area contributed by atoms with Gasteiger partial charge in [-0.15, -0.1) is 0 Å². The molecule has 0 aliphatic heterocycles. The van der Waals surface area contributed by atoms with Gasteiger partial charge < -0.3 is 9.64 Å². The Morgan fingerprint density at radius 3 is 2.74 bits per heavy atom. The highest BCUT2D eigenvalue weighted by atomic mass is 32.2. The summed E-state index contributed by atoms with van der Waals surface area (Å²) in [5, 5.41) is 0.756. The van der Waals surface area contributed by atoms with Crippen molar-refractivity contribution in [2.45, 2.75) is 46.2 Å². The van der Waals surface area contributed by atoms with Crippen LogP contribution in [0, 0.1) is 19.8 Å². The van der Waals surface area contributed by atoms with Crippen molar-refractivity contribution in [2.75, 3.05) is 19.3 Å². The van der Waals surface area contributed by atoms with E-state index in [1.54, 1.807) is 24.0 Å². The van der Waals surface area contributed by atoms with Crippen LogP contribution < -0.4 is 4.74 Å². The second-order valence-corrected chi connectivity index (χ2v) is 8.09. The lowest BCUT2D eigenvalue weighted by molar-refractivity contribution is 0.452. The minimum Gasteiger partial charge on any atom is -0.439 e. The van der Waals surface area contributed by atoms with Crippen molar-refractivity contribution in [3.8, 4) is 11.6 Å². The minimum absolute atomic E-state index is 0.571. The molecule has 0 bridgehead atoms. The normalized spacial score (nSPS) is 11.4. The summed E-state index contributed by atoms with van der Waals surface area (Å²) in [4.78, 5) is 15.5. The van der Waals surface area contributed by atoms with Crippen molar-refractivity contribution in [1.82, 2.24) is 14.9 Å². The number of nitrogens with zero attached hydrogens (tertiary/aromatic N) is 4. The fraction of sp³-hybridized carbons (Fsp3) is 0.476. The maximum Gasteiger partial charge on any atom is 0.223 e. The zero-order valence-electron chi connectivity index (χ0n) is 17.2. The number of rotatable bonds is 9. The first-order valence-electron chi connectivity index (χ1n) is 9.38. The van der Waals surface area contributed by atoms with Gasteiger partial charge in [0.25, 0.3) is 0 Å². The molecule has 0 radical (unpaired) electrons. The second kappa shape index (κ2) is 10.3. The van der Waals surface area contributed by atoms with E-state index in [2.05, 4.69) is 35.7 Å². The van der Waals surface area contributed by atoms with Gasteiger partial charge in [0.15, 0.2) is 5.16 Å². The molecule has 0 amide bonds. The van der Waals surface area contributed by atoms with Crippen LogP contribution in [0.15, 0.2) is 34.5 Å². The largest absolute Gasteiger partial charge is 0.439 e.